The number of hydrogen-bond acceptors (Lipinski definition) is 4. The topological polar surface area (TPSA) is 63.7 Å². The third-order valence-electron chi connectivity index (χ3n) is 4.20. The molecule has 0 fully saturated rings. The summed E-state index contributed by atoms with van der Waals surface area (Å²) in [6.07, 6.45) is 0. The third kappa shape index (κ3) is 4.18. The first-order valence-electron chi connectivity index (χ1n) is 8.32. The Morgan fingerprint density at radius 3 is 2.46 bits per heavy atom. The van der Waals surface area contributed by atoms with Crippen LogP contribution in [-0.2, 0) is 26.2 Å². The molecule has 0 amide bonds. The Morgan fingerprint density at radius 1 is 1.00 bits per heavy atom. The summed E-state index contributed by atoms with van der Waals surface area (Å²) < 4.78 is 57.9. The Hall–Kier alpha value is -2.84. The van der Waals surface area contributed by atoms with Crippen molar-refractivity contribution in [3.63, 3.8) is 0 Å². The van der Waals surface area contributed by atoms with Gasteiger partial charge in [-0.2, -0.15) is 4.31 Å². The number of halogens is 2. The minimum absolute atomic E-state index is 0.0395. The number of fused-ring (bicyclic) bond motifs is 1. The van der Waals surface area contributed by atoms with Gasteiger partial charge in [-0.1, -0.05) is 42.5 Å². The van der Waals surface area contributed by atoms with Crippen molar-refractivity contribution >= 4 is 26.8 Å². The summed E-state index contributed by atoms with van der Waals surface area (Å²) in [4.78, 5) is 12.0. The molecule has 0 aliphatic rings. The minimum Gasteiger partial charge on any atom is -0.460 e. The maximum atomic E-state index is 13.6. The Kier molecular flexibility index (Phi) is 5.71. The Morgan fingerprint density at radius 2 is 1.71 bits per heavy atom. The Bertz CT molecular complexity index is 1130. The molecule has 0 bridgehead atoms. The molecule has 0 heterocycles. The fraction of sp³-hybridized carbons (Fsp3) is 0.150. The van der Waals surface area contributed by atoms with Crippen molar-refractivity contribution in [2.75, 3.05) is 13.6 Å². The van der Waals surface area contributed by atoms with Gasteiger partial charge in [0.2, 0.25) is 10.0 Å². The van der Waals surface area contributed by atoms with E-state index in [4.69, 9.17) is 4.74 Å². The van der Waals surface area contributed by atoms with Crippen molar-refractivity contribution in [2.24, 2.45) is 0 Å². The Labute approximate surface area is 161 Å². The maximum absolute atomic E-state index is 13.6. The summed E-state index contributed by atoms with van der Waals surface area (Å²) in [6.45, 7) is -1.06. The van der Waals surface area contributed by atoms with E-state index in [2.05, 4.69) is 0 Å². The molecule has 3 rings (SSSR count). The molecule has 0 atom stereocenters. The minimum atomic E-state index is -3.92. The van der Waals surface area contributed by atoms with E-state index >= 15 is 0 Å². The van der Waals surface area contributed by atoms with E-state index in [9.17, 15) is 22.0 Å². The number of sulfonamides is 1. The molecule has 5 nitrogen and oxygen atoms in total. The van der Waals surface area contributed by atoms with E-state index in [1.54, 1.807) is 18.2 Å². The van der Waals surface area contributed by atoms with E-state index in [-0.39, 0.29) is 10.5 Å². The van der Waals surface area contributed by atoms with Crippen LogP contribution in [0.15, 0.2) is 65.6 Å². The van der Waals surface area contributed by atoms with Crippen LogP contribution in [0.4, 0.5) is 8.78 Å². The van der Waals surface area contributed by atoms with Crippen molar-refractivity contribution in [2.45, 2.75) is 11.5 Å². The van der Waals surface area contributed by atoms with Crippen LogP contribution in [0.3, 0.4) is 0 Å². The summed E-state index contributed by atoms with van der Waals surface area (Å²) in [6, 6.07) is 15.5. The lowest BCUT2D eigenvalue weighted by molar-refractivity contribution is -0.145. The molecule has 0 aliphatic heterocycles. The first-order valence-corrected chi connectivity index (χ1v) is 9.76. The molecule has 28 heavy (non-hydrogen) atoms. The van der Waals surface area contributed by atoms with Crippen LogP contribution in [-0.4, -0.2) is 32.3 Å². The lowest BCUT2D eigenvalue weighted by Gasteiger charge is -2.17. The average molecular weight is 405 g/mol. The van der Waals surface area contributed by atoms with Crippen molar-refractivity contribution in [3.05, 3.63) is 77.9 Å². The molecule has 0 spiro atoms. The summed E-state index contributed by atoms with van der Waals surface area (Å²) in [5, 5.41) is 1.64. The normalized spacial score (nSPS) is 11.7. The zero-order chi connectivity index (χ0) is 20.3. The second-order valence-electron chi connectivity index (χ2n) is 6.14. The quantitative estimate of drug-likeness (QED) is 0.589. The number of carbonyl (C=O) groups excluding carboxylic acids is 1. The van der Waals surface area contributed by atoms with Crippen LogP contribution < -0.4 is 0 Å². The fourth-order valence-corrected chi connectivity index (χ4v) is 3.79. The van der Waals surface area contributed by atoms with E-state index in [1.807, 2.05) is 12.1 Å². The average Bonchev–Trinajstić information content (AvgIpc) is 2.68. The standard InChI is InChI=1S/C20H17F2NO4S/c1-23(12-19(24)27-13-16-7-4-8-18(21)20(16)22)28(25,26)17-10-9-14-5-2-3-6-15(14)11-17/h2-11H,12-13H2,1H3. The summed E-state index contributed by atoms with van der Waals surface area (Å²) in [7, 11) is -2.68. The zero-order valence-electron chi connectivity index (χ0n) is 14.9. The van der Waals surface area contributed by atoms with Crippen LogP contribution in [0.1, 0.15) is 5.56 Å². The second-order valence-corrected chi connectivity index (χ2v) is 8.19. The van der Waals surface area contributed by atoms with Gasteiger partial charge in [0.05, 0.1) is 4.90 Å². The fourth-order valence-electron chi connectivity index (χ4n) is 2.64. The molecule has 3 aromatic rings. The van der Waals surface area contributed by atoms with Gasteiger partial charge in [-0.15, -0.1) is 0 Å². The number of benzene rings is 3. The van der Waals surface area contributed by atoms with Crippen molar-refractivity contribution in [3.8, 4) is 0 Å². The number of ether oxygens (including phenoxy) is 1. The number of likely N-dealkylation sites (N-methyl/N-ethyl adjacent to an activating group) is 1. The highest BCUT2D eigenvalue weighted by Crippen LogP contribution is 2.21. The van der Waals surface area contributed by atoms with Gasteiger partial charge < -0.3 is 4.74 Å². The van der Waals surface area contributed by atoms with Crippen molar-refractivity contribution < 1.29 is 26.7 Å². The molecule has 146 valence electrons. The highest BCUT2D eigenvalue weighted by Gasteiger charge is 2.24. The highest BCUT2D eigenvalue weighted by atomic mass is 32.2. The summed E-state index contributed by atoms with van der Waals surface area (Å²) in [5.74, 6) is -3.03. The molecule has 0 aromatic heterocycles. The molecular weight excluding hydrogens is 388 g/mol. The van der Waals surface area contributed by atoms with Crippen LogP contribution >= 0.6 is 0 Å². The van der Waals surface area contributed by atoms with Gasteiger partial charge in [-0.25, -0.2) is 17.2 Å². The largest absolute Gasteiger partial charge is 0.460 e. The van der Waals surface area contributed by atoms with Crippen molar-refractivity contribution in [1.29, 1.82) is 0 Å². The zero-order valence-corrected chi connectivity index (χ0v) is 15.7. The number of esters is 1. The number of hydrogen-bond donors (Lipinski definition) is 0. The first-order chi connectivity index (χ1) is 13.3. The molecule has 0 radical (unpaired) electrons. The van der Waals surface area contributed by atoms with Gasteiger partial charge in [0, 0.05) is 12.6 Å². The Balaban J connectivity index is 1.69. The molecule has 0 saturated carbocycles. The van der Waals surface area contributed by atoms with Gasteiger partial charge >= 0.3 is 5.97 Å². The van der Waals surface area contributed by atoms with Crippen LogP contribution in [0.2, 0.25) is 0 Å². The molecule has 0 aliphatic carbocycles. The maximum Gasteiger partial charge on any atom is 0.321 e. The van der Waals surface area contributed by atoms with E-state index < -0.39 is 40.8 Å². The summed E-state index contributed by atoms with van der Waals surface area (Å²) in [5.41, 5.74) is -0.131. The molecule has 0 saturated heterocycles. The monoisotopic (exact) mass is 405 g/mol. The lowest BCUT2D eigenvalue weighted by Crippen LogP contribution is -2.33. The summed E-state index contributed by atoms with van der Waals surface area (Å²) >= 11 is 0. The molecule has 0 unspecified atom stereocenters. The number of rotatable bonds is 6. The van der Waals surface area contributed by atoms with Crippen molar-refractivity contribution in [1.82, 2.24) is 4.31 Å². The van der Waals surface area contributed by atoms with Gasteiger partial charge in [0.15, 0.2) is 11.6 Å². The molecular formula is C20H17F2NO4S. The molecule has 0 N–H and O–H groups in total. The van der Waals surface area contributed by atoms with E-state index in [0.29, 0.717) is 0 Å². The van der Waals surface area contributed by atoms with Gasteiger partial charge in [-0.3, -0.25) is 4.79 Å². The third-order valence-corrected chi connectivity index (χ3v) is 6.00. The second kappa shape index (κ2) is 8.04. The lowest BCUT2D eigenvalue weighted by atomic mass is 10.1. The number of carbonyl (C=O) groups is 1. The van der Waals surface area contributed by atoms with E-state index in [1.165, 1.54) is 31.3 Å². The highest BCUT2D eigenvalue weighted by molar-refractivity contribution is 7.89. The SMILES string of the molecule is CN(CC(=O)OCc1cccc(F)c1F)S(=O)(=O)c1ccc2ccccc2c1. The predicted octanol–water partition coefficient (Wildman–Crippen LogP) is 3.48. The van der Waals surface area contributed by atoms with Crippen LogP contribution in [0.25, 0.3) is 10.8 Å². The van der Waals surface area contributed by atoms with Gasteiger partial charge in [0.25, 0.3) is 0 Å². The molecule has 8 heteroatoms. The van der Waals surface area contributed by atoms with Gasteiger partial charge in [0.1, 0.15) is 13.2 Å². The smallest absolute Gasteiger partial charge is 0.321 e. The first kappa shape index (κ1) is 19.9. The number of nitrogens with zero attached hydrogens (tertiary/aromatic N) is 1. The molecule has 3 aromatic carbocycles. The van der Waals surface area contributed by atoms with Crippen LogP contribution in [0.5, 0.6) is 0 Å². The van der Waals surface area contributed by atoms with Gasteiger partial charge in [-0.05, 0) is 29.0 Å². The van der Waals surface area contributed by atoms with Crippen LogP contribution in [0, 0.1) is 11.6 Å². The van der Waals surface area contributed by atoms with E-state index in [0.717, 1.165) is 21.1 Å². The predicted molar refractivity (Wildman–Crippen MR) is 99.9 cm³/mol.